The topological polar surface area (TPSA) is 38.0 Å². The Hall–Kier alpha value is -0.0800. The summed E-state index contributed by atoms with van der Waals surface area (Å²) in [6, 6.07) is 0. The molecule has 0 spiro atoms. The predicted octanol–water partition coefficient (Wildman–Crippen LogP) is 2.67. The fourth-order valence-electron chi connectivity index (χ4n) is 4.01. The molecular formula is C15H28N2. The summed E-state index contributed by atoms with van der Waals surface area (Å²) in [5, 5.41) is 3.72. The predicted molar refractivity (Wildman–Crippen MR) is 71.8 cm³/mol. The van der Waals surface area contributed by atoms with Gasteiger partial charge < -0.3 is 11.1 Å². The van der Waals surface area contributed by atoms with E-state index in [1.807, 2.05) is 0 Å². The Morgan fingerprint density at radius 2 is 1.88 bits per heavy atom. The van der Waals surface area contributed by atoms with Gasteiger partial charge in [-0.3, -0.25) is 0 Å². The minimum Gasteiger partial charge on any atom is -0.324 e. The minimum atomic E-state index is 0.0945. The van der Waals surface area contributed by atoms with Crippen LogP contribution >= 0.6 is 0 Å². The number of hydrogen-bond donors (Lipinski definition) is 2. The van der Waals surface area contributed by atoms with Crippen LogP contribution in [-0.2, 0) is 0 Å². The van der Waals surface area contributed by atoms with Gasteiger partial charge in [-0.1, -0.05) is 19.8 Å². The van der Waals surface area contributed by atoms with Gasteiger partial charge in [-0.2, -0.15) is 0 Å². The monoisotopic (exact) mass is 236 g/mol. The Morgan fingerprint density at radius 3 is 2.47 bits per heavy atom. The standard InChI is InChI=1S/C15H28N2/c1-12-3-2-6-15(16,9-12)11-17-10-14(7-8-14)13-4-5-13/h12-13,17H,2-11,16H2,1H3. The maximum atomic E-state index is 6.53. The van der Waals surface area contributed by atoms with E-state index in [1.54, 1.807) is 0 Å². The quantitative estimate of drug-likeness (QED) is 0.770. The summed E-state index contributed by atoms with van der Waals surface area (Å²) in [6.07, 6.45) is 11.1. The molecule has 2 atom stereocenters. The highest BCUT2D eigenvalue weighted by Crippen LogP contribution is 2.60. The third kappa shape index (κ3) is 2.68. The summed E-state index contributed by atoms with van der Waals surface area (Å²) >= 11 is 0. The zero-order valence-corrected chi connectivity index (χ0v) is 11.3. The van der Waals surface area contributed by atoms with Crippen LogP contribution in [0.2, 0.25) is 0 Å². The van der Waals surface area contributed by atoms with E-state index in [0.717, 1.165) is 23.8 Å². The molecule has 98 valence electrons. The highest BCUT2D eigenvalue weighted by molar-refractivity contribution is 5.05. The Bertz CT molecular complexity index is 281. The van der Waals surface area contributed by atoms with Crippen LogP contribution in [0.15, 0.2) is 0 Å². The zero-order valence-electron chi connectivity index (χ0n) is 11.3. The maximum Gasteiger partial charge on any atom is 0.0283 e. The van der Waals surface area contributed by atoms with Gasteiger partial charge in [0.25, 0.3) is 0 Å². The molecule has 3 saturated carbocycles. The van der Waals surface area contributed by atoms with Gasteiger partial charge in [-0.05, 0) is 55.8 Å². The fraction of sp³-hybridized carbons (Fsp3) is 1.00. The van der Waals surface area contributed by atoms with Gasteiger partial charge in [0.15, 0.2) is 0 Å². The molecule has 3 rings (SSSR count). The Balaban J connectivity index is 1.44. The van der Waals surface area contributed by atoms with Gasteiger partial charge in [-0.15, -0.1) is 0 Å². The first-order chi connectivity index (χ1) is 8.12. The summed E-state index contributed by atoms with van der Waals surface area (Å²) in [4.78, 5) is 0. The maximum absolute atomic E-state index is 6.53. The average Bonchev–Trinajstić information content (AvgIpc) is 3.12. The number of hydrogen-bond acceptors (Lipinski definition) is 2. The first kappa shape index (κ1) is 12.0. The molecule has 0 saturated heterocycles. The lowest BCUT2D eigenvalue weighted by Gasteiger charge is -2.37. The molecule has 0 aromatic heterocycles. The summed E-state index contributed by atoms with van der Waals surface area (Å²) in [7, 11) is 0. The van der Waals surface area contributed by atoms with Crippen molar-refractivity contribution < 1.29 is 0 Å². The second-order valence-corrected chi connectivity index (χ2v) is 7.30. The molecule has 0 aromatic rings. The van der Waals surface area contributed by atoms with E-state index in [-0.39, 0.29) is 5.54 Å². The van der Waals surface area contributed by atoms with Crippen LogP contribution in [0.4, 0.5) is 0 Å². The van der Waals surface area contributed by atoms with E-state index in [2.05, 4.69) is 12.2 Å². The summed E-state index contributed by atoms with van der Waals surface area (Å²) in [5.74, 6) is 1.89. The molecular weight excluding hydrogens is 208 g/mol. The number of nitrogens with two attached hydrogens (primary N) is 1. The highest BCUT2D eigenvalue weighted by atomic mass is 15.0. The second kappa shape index (κ2) is 4.24. The van der Waals surface area contributed by atoms with Crippen LogP contribution in [0, 0.1) is 17.3 Å². The molecule has 3 fully saturated rings. The van der Waals surface area contributed by atoms with E-state index in [1.165, 1.54) is 57.9 Å². The molecule has 2 unspecified atom stereocenters. The lowest BCUT2D eigenvalue weighted by atomic mass is 9.77. The molecule has 0 bridgehead atoms. The van der Waals surface area contributed by atoms with Crippen LogP contribution in [0.25, 0.3) is 0 Å². The van der Waals surface area contributed by atoms with Crippen LogP contribution in [0.5, 0.6) is 0 Å². The van der Waals surface area contributed by atoms with Crippen molar-refractivity contribution in [2.75, 3.05) is 13.1 Å². The number of nitrogens with one attached hydrogen (secondary N) is 1. The summed E-state index contributed by atoms with van der Waals surface area (Å²) in [5.41, 5.74) is 7.34. The lowest BCUT2D eigenvalue weighted by molar-refractivity contribution is 0.223. The van der Waals surface area contributed by atoms with Gasteiger partial charge in [0.1, 0.15) is 0 Å². The molecule has 0 radical (unpaired) electrons. The van der Waals surface area contributed by atoms with E-state index >= 15 is 0 Å². The molecule has 17 heavy (non-hydrogen) atoms. The molecule has 3 aliphatic carbocycles. The zero-order chi connectivity index (χ0) is 11.9. The van der Waals surface area contributed by atoms with Crippen molar-refractivity contribution in [2.24, 2.45) is 23.0 Å². The van der Waals surface area contributed by atoms with Crippen molar-refractivity contribution in [2.45, 2.75) is 63.8 Å². The van der Waals surface area contributed by atoms with E-state index in [9.17, 15) is 0 Å². The first-order valence-corrected chi connectivity index (χ1v) is 7.62. The van der Waals surface area contributed by atoms with Gasteiger partial charge in [-0.25, -0.2) is 0 Å². The van der Waals surface area contributed by atoms with Gasteiger partial charge in [0, 0.05) is 18.6 Å². The van der Waals surface area contributed by atoms with E-state index in [4.69, 9.17) is 5.73 Å². The Morgan fingerprint density at radius 1 is 1.12 bits per heavy atom. The molecule has 3 N–H and O–H groups in total. The summed E-state index contributed by atoms with van der Waals surface area (Å²) < 4.78 is 0. The van der Waals surface area contributed by atoms with Crippen molar-refractivity contribution in [1.82, 2.24) is 5.32 Å². The van der Waals surface area contributed by atoms with Crippen molar-refractivity contribution in [3.8, 4) is 0 Å². The van der Waals surface area contributed by atoms with Crippen molar-refractivity contribution in [1.29, 1.82) is 0 Å². The third-order valence-corrected chi connectivity index (χ3v) is 5.42. The lowest BCUT2D eigenvalue weighted by Crippen LogP contribution is -2.52. The van der Waals surface area contributed by atoms with Crippen LogP contribution < -0.4 is 11.1 Å². The molecule has 0 aromatic carbocycles. The van der Waals surface area contributed by atoms with Crippen molar-refractivity contribution in [3.63, 3.8) is 0 Å². The van der Waals surface area contributed by atoms with Gasteiger partial charge in [0.05, 0.1) is 0 Å². The van der Waals surface area contributed by atoms with Crippen molar-refractivity contribution >= 4 is 0 Å². The molecule has 2 heteroatoms. The first-order valence-electron chi connectivity index (χ1n) is 7.62. The van der Waals surface area contributed by atoms with Crippen LogP contribution in [0.3, 0.4) is 0 Å². The largest absolute Gasteiger partial charge is 0.324 e. The second-order valence-electron chi connectivity index (χ2n) is 7.30. The van der Waals surface area contributed by atoms with Crippen LogP contribution in [-0.4, -0.2) is 18.6 Å². The minimum absolute atomic E-state index is 0.0945. The highest BCUT2D eigenvalue weighted by Gasteiger charge is 2.53. The van der Waals surface area contributed by atoms with Crippen LogP contribution in [0.1, 0.15) is 58.3 Å². The molecule has 0 heterocycles. The van der Waals surface area contributed by atoms with Gasteiger partial charge >= 0.3 is 0 Å². The van der Waals surface area contributed by atoms with Crippen molar-refractivity contribution in [3.05, 3.63) is 0 Å². The SMILES string of the molecule is CC1CCCC(N)(CNCC2(C3CC3)CC2)C1. The van der Waals surface area contributed by atoms with E-state index in [0.29, 0.717) is 0 Å². The average molecular weight is 236 g/mol. The normalized spacial score (nSPS) is 40.2. The smallest absolute Gasteiger partial charge is 0.0283 e. The third-order valence-electron chi connectivity index (χ3n) is 5.42. The van der Waals surface area contributed by atoms with Gasteiger partial charge in [0.2, 0.25) is 0 Å². The number of rotatable bonds is 5. The molecule has 3 aliphatic rings. The molecule has 0 aliphatic heterocycles. The molecule has 0 amide bonds. The summed E-state index contributed by atoms with van der Waals surface area (Å²) in [6.45, 7) is 4.64. The fourth-order valence-corrected chi connectivity index (χ4v) is 4.01. The molecule has 2 nitrogen and oxygen atoms in total. The Labute approximate surface area is 106 Å². The Kier molecular flexibility index (Phi) is 2.99. The van der Waals surface area contributed by atoms with E-state index < -0.39 is 0 Å².